The number of nitrogens with one attached hydrogen (secondary N) is 1. The molecule has 1 aliphatic rings. The number of nitrogen functional groups attached to an aromatic ring is 1. The van der Waals surface area contributed by atoms with Gasteiger partial charge in [-0.1, -0.05) is 44.1 Å². The summed E-state index contributed by atoms with van der Waals surface area (Å²) in [5, 5.41) is 16.2. The zero-order chi connectivity index (χ0) is 21.3. The molecule has 9 heteroatoms. The van der Waals surface area contributed by atoms with Gasteiger partial charge in [-0.15, -0.1) is 5.10 Å². The van der Waals surface area contributed by atoms with Crippen molar-refractivity contribution in [3.8, 4) is 0 Å². The molecule has 0 radical (unpaired) electrons. The molecule has 1 aromatic carbocycles. The van der Waals surface area contributed by atoms with E-state index in [0.717, 1.165) is 43.5 Å². The third kappa shape index (κ3) is 4.16. The van der Waals surface area contributed by atoms with Crippen LogP contribution in [-0.2, 0) is 11.3 Å². The zero-order valence-corrected chi connectivity index (χ0v) is 17.6. The minimum Gasteiger partial charge on any atom is -0.406 e. The number of ether oxygens (including phenoxy) is 1. The molecule has 1 amide bonds. The molecule has 0 aliphatic carbocycles. The smallest absolute Gasteiger partial charge is 0.312 e. The molecule has 1 unspecified atom stereocenters. The molecule has 2 aromatic heterocycles. The van der Waals surface area contributed by atoms with Crippen molar-refractivity contribution in [1.29, 1.82) is 0 Å². The number of aromatic nitrogens is 4. The lowest BCUT2D eigenvalue weighted by atomic mass is 9.86. The molecular weight excluding hydrogens is 384 g/mol. The summed E-state index contributed by atoms with van der Waals surface area (Å²) < 4.78 is 12.8. The first kappa shape index (κ1) is 20.3. The quantitative estimate of drug-likeness (QED) is 0.661. The van der Waals surface area contributed by atoms with Gasteiger partial charge in [0.15, 0.2) is 5.69 Å². The van der Waals surface area contributed by atoms with Crippen LogP contribution >= 0.6 is 0 Å². The Hall–Kier alpha value is -2.94. The summed E-state index contributed by atoms with van der Waals surface area (Å²) >= 11 is 0. The fraction of sp³-hybridized carbons (Fsp3) is 0.524. The van der Waals surface area contributed by atoms with E-state index in [2.05, 4.69) is 20.6 Å². The fourth-order valence-corrected chi connectivity index (χ4v) is 3.82. The highest BCUT2D eigenvalue weighted by atomic mass is 16.5. The van der Waals surface area contributed by atoms with Crippen molar-refractivity contribution in [3.63, 3.8) is 0 Å². The summed E-state index contributed by atoms with van der Waals surface area (Å²) in [5.74, 6) is 0.481. The second kappa shape index (κ2) is 8.06. The van der Waals surface area contributed by atoms with Crippen molar-refractivity contribution in [2.75, 3.05) is 18.9 Å². The molecule has 3 N–H and O–H groups in total. The average molecular weight is 412 g/mol. The Morgan fingerprint density at radius 1 is 1.27 bits per heavy atom. The Balaban J connectivity index is 1.63. The van der Waals surface area contributed by atoms with Crippen LogP contribution in [0.4, 0.5) is 6.01 Å². The monoisotopic (exact) mass is 412 g/mol. The van der Waals surface area contributed by atoms with Crippen LogP contribution in [0.25, 0.3) is 10.9 Å². The van der Waals surface area contributed by atoms with Crippen LogP contribution in [-0.4, -0.2) is 39.1 Å². The van der Waals surface area contributed by atoms with Crippen molar-refractivity contribution < 1.29 is 13.9 Å². The van der Waals surface area contributed by atoms with Crippen molar-refractivity contribution in [2.24, 2.45) is 11.3 Å². The number of amides is 1. The maximum absolute atomic E-state index is 13.3. The molecule has 160 valence electrons. The van der Waals surface area contributed by atoms with Crippen molar-refractivity contribution in [1.82, 2.24) is 25.3 Å². The fourth-order valence-electron chi connectivity index (χ4n) is 3.82. The largest absolute Gasteiger partial charge is 0.406 e. The molecule has 9 nitrogen and oxygen atoms in total. The van der Waals surface area contributed by atoms with E-state index in [4.69, 9.17) is 14.9 Å². The maximum Gasteiger partial charge on any atom is 0.312 e. The third-order valence-electron chi connectivity index (χ3n) is 5.49. The van der Waals surface area contributed by atoms with E-state index in [9.17, 15) is 4.79 Å². The van der Waals surface area contributed by atoms with E-state index in [0.29, 0.717) is 11.6 Å². The molecule has 3 heterocycles. The molecule has 1 atom stereocenters. The van der Waals surface area contributed by atoms with Gasteiger partial charge in [-0.2, -0.15) is 5.10 Å². The first-order chi connectivity index (χ1) is 14.3. The number of anilines is 1. The number of nitrogens with two attached hydrogens (primary N) is 1. The van der Waals surface area contributed by atoms with Crippen LogP contribution in [0.5, 0.6) is 0 Å². The van der Waals surface area contributed by atoms with Crippen LogP contribution in [0, 0.1) is 11.3 Å². The van der Waals surface area contributed by atoms with E-state index in [1.54, 1.807) is 0 Å². The van der Waals surface area contributed by atoms with Gasteiger partial charge in [0.25, 0.3) is 5.91 Å². The average Bonchev–Trinajstić information content (AvgIpc) is 3.30. The van der Waals surface area contributed by atoms with E-state index in [-0.39, 0.29) is 23.2 Å². The first-order valence-electron chi connectivity index (χ1n) is 10.3. The minimum absolute atomic E-state index is 0.0281. The molecular formula is C21H28N6O3. The Kier molecular flexibility index (Phi) is 5.46. The van der Waals surface area contributed by atoms with Gasteiger partial charge < -0.3 is 20.2 Å². The summed E-state index contributed by atoms with van der Waals surface area (Å²) in [6.07, 6.45) is 2.00. The Bertz CT molecular complexity index is 1030. The number of rotatable bonds is 5. The summed E-state index contributed by atoms with van der Waals surface area (Å²) in [6.45, 7) is 8.27. The van der Waals surface area contributed by atoms with Gasteiger partial charge in [0.2, 0.25) is 5.89 Å². The standard InChI is InChI=1S/C21H28N6O3/c1-21(2,3)17(19-24-25-20(22)30-19)23-18(28)16-14-6-4-5-7-15(14)27(26-16)12-13-8-10-29-11-9-13/h4-7,13,17H,8-12H2,1-3H3,(H2,22,25)(H,23,28). The molecule has 0 saturated carbocycles. The van der Waals surface area contributed by atoms with Gasteiger partial charge in [-0.3, -0.25) is 9.48 Å². The predicted octanol–water partition coefficient (Wildman–Crippen LogP) is 2.95. The number of carbonyl (C=O) groups excluding carboxylic acids is 1. The molecule has 30 heavy (non-hydrogen) atoms. The predicted molar refractivity (Wildman–Crippen MR) is 112 cm³/mol. The third-order valence-corrected chi connectivity index (χ3v) is 5.49. The molecule has 3 aromatic rings. The number of hydrogen-bond donors (Lipinski definition) is 2. The molecule has 1 aliphatic heterocycles. The van der Waals surface area contributed by atoms with E-state index >= 15 is 0 Å². The highest BCUT2D eigenvalue weighted by Crippen LogP contribution is 2.33. The summed E-state index contributed by atoms with van der Waals surface area (Å²) in [4.78, 5) is 13.3. The van der Waals surface area contributed by atoms with Crippen LogP contribution in [0.1, 0.15) is 56.0 Å². The number of fused-ring (bicyclic) bond motifs is 1. The number of carbonyl (C=O) groups is 1. The lowest BCUT2D eigenvalue weighted by molar-refractivity contribution is 0.0604. The lowest BCUT2D eigenvalue weighted by Crippen LogP contribution is -2.37. The normalized spacial score (nSPS) is 16.6. The number of nitrogens with zero attached hydrogens (tertiary/aromatic N) is 4. The van der Waals surface area contributed by atoms with Gasteiger partial charge in [0, 0.05) is 25.1 Å². The highest BCUT2D eigenvalue weighted by Gasteiger charge is 2.34. The minimum atomic E-state index is -0.505. The van der Waals surface area contributed by atoms with Gasteiger partial charge in [-0.05, 0) is 30.2 Å². The Morgan fingerprint density at radius 3 is 2.67 bits per heavy atom. The van der Waals surface area contributed by atoms with E-state index in [1.807, 2.05) is 49.7 Å². The summed E-state index contributed by atoms with van der Waals surface area (Å²) in [7, 11) is 0. The number of hydrogen-bond acceptors (Lipinski definition) is 7. The molecule has 1 fully saturated rings. The van der Waals surface area contributed by atoms with Crippen LogP contribution in [0.2, 0.25) is 0 Å². The van der Waals surface area contributed by atoms with Crippen LogP contribution in [0.3, 0.4) is 0 Å². The van der Waals surface area contributed by atoms with Crippen molar-refractivity contribution in [3.05, 3.63) is 35.9 Å². The first-order valence-corrected chi connectivity index (χ1v) is 10.3. The molecule has 1 saturated heterocycles. The van der Waals surface area contributed by atoms with Crippen LogP contribution in [0.15, 0.2) is 28.7 Å². The molecule has 4 rings (SSSR count). The maximum atomic E-state index is 13.3. The van der Waals surface area contributed by atoms with Crippen molar-refractivity contribution in [2.45, 2.75) is 46.2 Å². The topological polar surface area (TPSA) is 121 Å². The second-order valence-corrected chi connectivity index (χ2v) is 8.85. The van der Waals surface area contributed by atoms with Crippen LogP contribution < -0.4 is 11.1 Å². The van der Waals surface area contributed by atoms with E-state index in [1.165, 1.54) is 0 Å². The zero-order valence-electron chi connectivity index (χ0n) is 17.6. The van der Waals surface area contributed by atoms with Gasteiger partial charge in [0.05, 0.1) is 5.52 Å². The Morgan fingerprint density at radius 2 is 2.00 bits per heavy atom. The number of para-hydroxylation sites is 1. The SMILES string of the molecule is CC(C)(C)C(NC(=O)c1nn(CC2CCOCC2)c2ccccc12)c1nnc(N)o1. The second-order valence-electron chi connectivity index (χ2n) is 8.85. The lowest BCUT2D eigenvalue weighted by Gasteiger charge is -2.28. The van der Waals surface area contributed by atoms with Crippen molar-refractivity contribution >= 4 is 22.8 Å². The molecule has 0 bridgehead atoms. The molecule has 0 spiro atoms. The highest BCUT2D eigenvalue weighted by molar-refractivity contribution is 6.05. The van der Waals surface area contributed by atoms with Gasteiger partial charge >= 0.3 is 6.01 Å². The summed E-state index contributed by atoms with van der Waals surface area (Å²) in [5.41, 5.74) is 6.56. The summed E-state index contributed by atoms with van der Waals surface area (Å²) in [6, 6.07) is 7.27. The van der Waals surface area contributed by atoms with Gasteiger partial charge in [-0.25, -0.2) is 0 Å². The van der Waals surface area contributed by atoms with E-state index < -0.39 is 6.04 Å². The number of benzene rings is 1. The Labute approximate surface area is 175 Å². The van der Waals surface area contributed by atoms with Gasteiger partial charge in [0.1, 0.15) is 6.04 Å².